The van der Waals surface area contributed by atoms with E-state index in [2.05, 4.69) is 13.5 Å². The maximum absolute atomic E-state index is 11.2. The second kappa shape index (κ2) is 8.25. The van der Waals surface area contributed by atoms with Crippen LogP contribution in [0.25, 0.3) is 0 Å². The predicted molar refractivity (Wildman–Crippen MR) is 77.8 cm³/mol. The fraction of sp³-hybridized carbons (Fsp3) is 0.438. The molecule has 0 saturated heterocycles. The number of hydrogen-bond acceptors (Lipinski definition) is 4. The Balaban J connectivity index is 2.76. The molecule has 0 aromatic heterocycles. The van der Waals surface area contributed by atoms with Gasteiger partial charge in [-0.05, 0) is 24.1 Å². The summed E-state index contributed by atoms with van der Waals surface area (Å²) in [7, 11) is 0. The van der Waals surface area contributed by atoms with Gasteiger partial charge < -0.3 is 14.9 Å². The summed E-state index contributed by atoms with van der Waals surface area (Å²) in [6.45, 7) is 5.74. The van der Waals surface area contributed by atoms with Gasteiger partial charge in [-0.1, -0.05) is 38.8 Å². The third-order valence-electron chi connectivity index (χ3n) is 3.22. The van der Waals surface area contributed by atoms with E-state index in [0.29, 0.717) is 0 Å². The molecular formula is C16H22O4. The van der Waals surface area contributed by atoms with Crippen molar-refractivity contribution in [2.24, 2.45) is 0 Å². The third-order valence-corrected chi connectivity index (χ3v) is 3.22. The van der Waals surface area contributed by atoms with Crippen LogP contribution in [-0.4, -0.2) is 22.8 Å². The minimum Gasteiger partial charge on any atom is -0.504 e. The van der Waals surface area contributed by atoms with Gasteiger partial charge >= 0.3 is 5.97 Å². The number of hydrogen-bond donors (Lipinski definition) is 2. The van der Waals surface area contributed by atoms with Gasteiger partial charge in [-0.3, -0.25) is 0 Å². The molecule has 0 radical (unpaired) electrons. The Morgan fingerprint density at radius 2 is 2.10 bits per heavy atom. The van der Waals surface area contributed by atoms with Crippen LogP contribution in [-0.2, 0) is 9.53 Å². The lowest BCUT2D eigenvalue weighted by Crippen LogP contribution is -2.11. The Morgan fingerprint density at radius 1 is 1.35 bits per heavy atom. The first kappa shape index (κ1) is 16.1. The van der Waals surface area contributed by atoms with E-state index in [0.717, 1.165) is 37.3 Å². The van der Waals surface area contributed by atoms with E-state index >= 15 is 0 Å². The lowest BCUT2D eigenvalue weighted by molar-refractivity contribution is -0.138. The molecule has 0 spiro atoms. The zero-order valence-corrected chi connectivity index (χ0v) is 11.8. The Bertz CT molecular complexity index is 454. The van der Waals surface area contributed by atoms with E-state index < -0.39 is 5.97 Å². The first-order valence-electron chi connectivity index (χ1n) is 6.89. The number of carbonyl (C=O) groups is 1. The van der Waals surface area contributed by atoms with Crippen LogP contribution >= 0.6 is 0 Å². The number of rotatable bonds is 8. The van der Waals surface area contributed by atoms with Crippen LogP contribution in [0, 0.1) is 0 Å². The number of benzene rings is 1. The number of esters is 1. The van der Waals surface area contributed by atoms with Gasteiger partial charge in [0.05, 0.1) is 6.61 Å². The van der Waals surface area contributed by atoms with Gasteiger partial charge in [-0.15, -0.1) is 0 Å². The van der Waals surface area contributed by atoms with Gasteiger partial charge in [-0.25, -0.2) is 4.79 Å². The molecule has 110 valence electrons. The Morgan fingerprint density at radius 3 is 2.70 bits per heavy atom. The van der Waals surface area contributed by atoms with Crippen LogP contribution in [0.1, 0.15) is 44.1 Å². The molecule has 1 rings (SSSR count). The summed E-state index contributed by atoms with van der Waals surface area (Å²) in [6, 6.07) is 4.72. The molecule has 1 aromatic rings. The lowest BCUT2D eigenvalue weighted by atomic mass is 9.93. The molecule has 1 aromatic carbocycles. The second-order valence-electron chi connectivity index (χ2n) is 4.78. The number of carbonyl (C=O) groups excluding carboxylic acids is 1. The monoisotopic (exact) mass is 278 g/mol. The molecule has 4 heteroatoms. The van der Waals surface area contributed by atoms with Crippen LogP contribution in [0.3, 0.4) is 0 Å². The van der Waals surface area contributed by atoms with Crippen molar-refractivity contribution in [1.82, 2.24) is 0 Å². The molecular weight excluding hydrogens is 256 g/mol. The number of aromatic hydroxyl groups is 2. The van der Waals surface area contributed by atoms with Gasteiger partial charge in [0.25, 0.3) is 0 Å². The molecule has 0 amide bonds. The quantitative estimate of drug-likeness (QED) is 0.330. The minimum absolute atomic E-state index is 0.0111. The zero-order chi connectivity index (χ0) is 15.0. The van der Waals surface area contributed by atoms with Crippen molar-refractivity contribution in [3.8, 4) is 11.5 Å². The smallest absolute Gasteiger partial charge is 0.330 e. The molecule has 0 aliphatic rings. The maximum Gasteiger partial charge on any atom is 0.330 e. The Kier molecular flexibility index (Phi) is 6.64. The van der Waals surface area contributed by atoms with Gasteiger partial charge in [0.15, 0.2) is 11.5 Å². The van der Waals surface area contributed by atoms with Crippen molar-refractivity contribution in [2.45, 2.75) is 38.5 Å². The molecule has 0 fully saturated rings. The summed E-state index contributed by atoms with van der Waals surface area (Å²) in [5.74, 6) is -0.743. The van der Waals surface area contributed by atoms with Gasteiger partial charge in [0, 0.05) is 12.0 Å². The highest BCUT2D eigenvalue weighted by Crippen LogP contribution is 2.31. The zero-order valence-electron chi connectivity index (χ0n) is 11.8. The van der Waals surface area contributed by atoms with Crippen molar-refractivity contribution in [3.63, 3.8) is 0 Å². The Hall–Kier alpha value is -1.97. The molecule has 0 aliphatic heterocycles. The van der Waals surface area contributed by atoms with E-state index in [1.54, 1.807) is 6.07 Å². The molecule has 0 bridgehead atoms. The molecule has 4 nitrogen and oxygen atoms in total. The van der Waals surface area contributed by atoms with Crippen LogP contribution in [0.2, 0.25) is 0 Å². The Labute approximate surface area is 119 Å². The standard InChI is InChI=1S/C16H22O4/c1-3-5-6-7-13(11-20-16(19)4-2)12-8-9-14(17)15(18)10-12/h4,8-10,13,17-18H,2-3,5-7,11H2,1H3. The van der Waals surface area contributed by atoms with Crippen LogP contribution < -0.4 is 0 Å². The first-order chi connectivity index (χ1) is 9.58. The van der Waals surface area contributed by atoms with Crippen molar-refractivity contribution in [3.05, 3.63) is 36.4 Å². The molecule has 2 N–H and O–H groups in total. The van der Waals surface area contributed by atoms with E-state index in [4.69, 9.17) is 4.74 Å². The summed E-state index contributed by atoms with van der Waals surface area (Å²) in [5, 5.41) is 18.9. The van der Waals surface area contributed by atoms with Gasteiger partial charge in [0.1, 0.15) is 0 Å². The average molecular weight is 278 g/mol. The minimum atomic E-state index is -0.450. The molecule has 20 heavy (non-hydrogen) atoms. The van der Waals surface area contributed by atoms with Crippen molar-refractivity contribution >= 4 is 5.97 Å². The van der Waals surface area contributed by atoms with Crippen molar-refractivity contribution in [1.29, 1.82) is 0 Å². The van der Waals surface area contributed by atoms with E-state index in [1.165, 1.54) is 12.1 Å². The summed E-state index contributed by atoms with van der Waals surface area (Å²) in [4.78, 5) is 11.2. The normalized spacial score (nSPS) is 11.8. The summed E-state index contributed by atoms with van der Waals surface area (Å²) < 4.78 is 5.11. The summed E-state index contributed by atoms with van der Waals surface area (Å²) in [5.41, 5.74) is 0.855. The number of phenols is 2. The topological polar surface area (TPSA) is 66.8 Å². The number of unbranched alkanes of at least 4 members (excludes halogenated alkanes) is 2. The highest BCUT2D eigenvalue weighted by atomic mass is 16.5. The van der Waals surface area contributed by atoms with Crippen LogP contribution in [0.5, 0.6) is 11.5 Å². The first-order valence-corrected chi connectivity index (χ1v) is 6.89. The van der Waals surface area contributed by atoms with E-state index in [-0.39, 0.29) is 24.0 Å². The average Bonchev–Trinajstić information content (AvgIpc) is 2.45. The van der Waals surface area contributed by atoms with Crippen LogP contribution in [0.4, 0.5) is 0 Å². The number of phenolic OH excluding ortho intramolecular Hbond substituents is 2. The number of ether oxygens (including phenoxy) is 1. The van der Waals surface area contributed by atoms with Crippen LogP contribution in [0.15, 0.2) is 30.9 Å². The highest BCUT2D eigenvalue weighted by Gasteiger charge is 2.15. The van der Waals surface area contributed by atoms with E-state index in [9.17, 15) is 15.0 Å². The third kappa shape index (κ3) is 4.96. The predicted octanol–water partition coefficient (Wildman–Crippen LogP) is 3.49. The van der Waals surface area contributed by atoms with Gasteiger partial charge in [0.2, 0.25) is 0 Å². The highest BCUT2D eigenvalue weighted by molar-refractivity contribution is 5.81. The summed E-state index contributed by atoms with van der Waals surface area (Å²) >= 11 is 0. The van der Waals surface area contributed by atoms with Crippen molar-refractivity contribution in [2.75, 3.05) is 6.61 Å². The fourth-order valence-electron chi connectivity index (χ4n) is 2.02. The SMILES string of the molecule is C=CC(=O)OCC(CCCCC)c1ccc(O)c(O)c1. The van der Waals surface area contributed by atoms with Crippen molar-refractivity contribution < 1.29 is 19.7 Å². The molecule has 0 aliphatic carbocycles. The largest absolute Gasteiger partial charge is 0.504 e. The molecule has 1 unspecified atom stereocenters. The summed E-state index contributed by atoms with van der Waals surface area (Å²) in [6.07, 6.45) is 5.24. The maximum atomic E-state index is 11.2. The second-order valence-corrected chi connectivity index (χ2v) is 4.78. The lowest BCUT2D eigenvalue weighted by Gasteiger charge is -2.17. The van der Waals surface area contributed by atoms with Gasteiger partial charge in [-0.2, -0.15) is 0 Å². The molecule has 1 atom stereocenters. The fourth-order valence-corrected chi connectivity index (χ4v) is 2.02. The molecule has 0 saturated carbocycles. The molecule has 0 heterocycles. The van der Waals surface area contributed by atoms with E-state index in [1.807, 2.05) is 0 Å².